The molecule has 1 aliphatic heterocycles. The summed E-state index contributed by atoms with van der Waals surface area (Å²) in [5, 5.41) is 0.560. The minimum absolute atomic E-state index is 0. The third-order valence-corrected chi connectivity index (χ3v) is 6.16. The van der Waals surface area contributed by atoms with Gasteiger partial charge in [0.1, 0.15) is 12.3 Å². The van der Waals surface area contributed by atoms with Gasteiger partial charge in [0.05, 0.1) is 17.3 Å². The van der Waals surface area contributed by atoms with Gasteiger partial charge < -0.3 is 9.64 Å². The molecule has 0 radical (unpaired) electrons. The van der Waals surface area contributed by atoms with Crippen LogP contribution < -0.4 is 9.64 Å². The quantitative estimate of drug-likeness (QED) is 0.541. The number of carbonyl (C=O) groups excluding carboxylic acids is 3. The van der Waals surface area contributed by atoms with Crippen molar-refractivity contribution in [3.63, 3.8) is 0 Å². The molecule has 30 heavy (non-hydrogen) atoms. The van der Waals surface area contributed by atoms with Crippen molar-refractivity contribution < 1.29 is 19.1 Å². The molecule has 2 aromatic rings. The van der Waals surface area contributed by atoms with Crippen LogP contribution in [0.25, 0.3) is 10.2 Å². The van der Waals surface area contributed by atoms with E-state index < -0.39 is 0 Å². The Bertz CT molecular complexity index is 899. The molecule has 1 aliphatic rings. The van der Waals surface area contributed by atoms with Crippen molar-refractivity contribution in [1.82, 2.24) is 14.8 Å². The van der Waals surface area contributed by atoms with E-state index in [1.54, 1.807) is 12.0 Å². The van der Waals surface area contributed by atoms with E-state index in [9.17, 15) is 14.4 Å². The molecule has 1 fully saturated rings. The second kappa shape index (κ2) is 10.7. The molecule has 2 heterocycles. The zero-order valence-corrected chi connectivity index (χ0v) is 19.1. The van der Waals surface area contributed by atoms with Gasteiger partial charge in [0.25, 0.3) is 0 Å². The van der Waals surface area contributed by atoms with Crippen molar-refractivity contribution >= 4 is 56.8 Å². The smallest absolute Gasteiger partial charge is 0.248 e. The number of likely N-dealkylation sites (tertiary alicyclic amines) is 1. The molecular formula is C20H27ClN4O4S. The summed E-state index contributed by atoms with van der Waals surface area (Å²) in [6.07, 6.45) is 0.346. The molecule has 0 bridgehead atoms. The van der Waals surface area contributed by atoms with Crippen molar-refractivity contribution in [2.75, 3.05) is 44.7 Å². The van der Waals surface area contributed by atoms with E-state index in [0.717, 1.165) is 28.2 Å². The fraction of sp³-hybridized carbons (Fsp3) is 0.500. The van der Waals surface area contributed by atoms with E-state index >= 15 is 0 Å². The largest absolute Gasteiger partial charge is 0.497 e. The van der Waals surface area contributed by atoms with Gasteiger partial charge in [0, 0.05) is 32.0 Å². The molecule has 0 spiro atoms. The van der Waals surface area contributed by atoms with Gasteiger partial charge in [-0.3, -0.25) is 24.2 Å². The van der Waals surface area contributed by atoms with Gasteiger partial charge in [0.15, 0.2) is 5.13 Å². The molecular weight excluding hydrogens is 428 g/mol. The second-order valence-electron chi connectivity index (χ2n) is 6.78. The fourth-order valence-corrected chi connectivity index (χ4v) is 4.25. The number of halogens is 1. The van der Waals surface area contributed by atoms with Crippen LogP contribution in [0.5, 0.6) is 5.75 Å². The van der Waals surface area contributed by atoms with Crippen molar-refractivity contribution in [2.24, 2.45) is 0 Å². The Kier molecular flexibility index (Phi) is 8.57. The van der Waals surface area contributed by atoms with Crippen LogP contribution in [-0.4, -0.2) is 72.3 Å². The molecule has 1 aromatic carbocycles. The first-order valence-electron chi connectivity index (χ1n) is 9.77. The predicted octanol–water partition coefficient (Wildman–Crippen LogP) is 2.55. The van der Waals surface area contributed by atoms with Gasteiger partial charge >= 0.3 is 0 Å². The van der Waals surface area contributed by atoms with Crippen LogP contribution in [0.1, 0.15) is 26.7 Å². The number of methoxy groups -OCH3 is 1. The standard InChI is InChI=1S/C20H26N4O4S.ClH/c1-4-22(5-2)10-11-23(19(27)13-24-17(25)8-9-18(24)26)20-21-15-12-14(28-3)6-7-16(15)29-20;/h6-7,12H,4-5,8-11,13H2,1-3H3;1H. The summed E-state index contributed by atoms with van der Waals surface area (Å²) in [5.41, 5.74) is 0.748. The van der Waals surface area contributed by atoms with E-state index in [0.29, 0.717) is 24.0 Å². The van der Waals surface area contributed by atoms with Gasteiger partial charge in [-0.2, -0.15) is 0 Å². The summed E-state index contributed by atoms with van der Waals surface area (Å²) in [6.45, 7) is 6.77. The van der Waals surface area contributed by atoms with E-state index in [2.05, 4.69) is 23.7 Å². The number of benzene rings is 1. The van der Waals surface area contributed by atoms with E-state index in [4.69, 9.17) is 4.74 Å². The average molecular weight is 455 g/mol. The molecule has 164 valence electrons. The Balaban J connectivity index is 0.00000320. The lowest BCUT2D eigenvalue weighted by Crippen LogP contribution is -2.45. The number of aromatic nitrogens is 1. The van der Waals surface area contributed by atoms with Crippen LogP contribution in [0.15, 0.2) is 18.2 Å². The summed E-state index contributed by atoms with van der Waals surface area (Å²) in [5.74, 6) is -0.183. The summed E-state index contributed by atoms with van der Waals surface area (Å²) in [4.78, 5) is 46.5. The fourth-order valence-electron chi connectivity index (χ4n) is 3.27. The second-order valence-corrected chi connectivity index (χ2v) is 7.79. The lowest BCUT2D eigenvalue weighted by molar-refractivity contribution is -0.141. The number of amides is 3. The highest BCUT2D eigenvalue weighted by atomic mass is 35.5. The first kappa shape index (κ1) is 24.0. The molecule has 10 heteroatoms. The van der Waals surface area contributed by atoms with E-state index in [-0.39, 0.29) is 49.5 Å². The predicted molar refractivity (Wildman–Crippen MR) is 120 cm³/mol. The van der Waals surface area contributed by atoms with E-state index in [1.807, 2.05) is 18.2 Å². The number of hydrogen-bond acceptors (Lipinski definition) is 7. The van der Waals surface area contributed by atoms with Gasteiger partial charge in [-0.15, -0.1) is 12.4 Å². The van der Waals surface area contributed by atoms with Crippen LogP contribution in [0.4, 0.5) is 5.13 Å². The summed E-state index contributed by atoms with van der Waals surface area (Å²) in [7, 11) is 1.60. The maximum Gasteiger partial charge on any atom is 0.248 e. The molecule has 0 atom stereocenters. The van der Waals surface area contributed by atoms with Crippen LogP contribution in [-0.2, 0) is 14.4 Å². The van der Waals surface area contributed by atoms with Gasteiger partial charge in [0.2, 0.25) is 17.7 Å². The number of thiazole rings is 1. The Morgan fingerprint density at radius 1 is 1.17 bits per heavy atom. The molecule has 1 saturated heterocycles. The first-order valence-corrected chi connectivity index (χ1v) is 10.6. The van der Waals surface area contributed by atoms with Crippen molar-refractivity contribution in [2.45, 2.75) is 26.7 Å². The number of likely N-dealkylation sites (N-methyl/N-ethyl adjacent to an activating group) is 1. The summed E-state index contributed by atoms with van der Waals surface area (Å²) in [6, 6.07) is 5.60. The van der Waals surface area contributed by atoms with Crippen LogP contribution in [0, 0.1) is 0 Å². The molecule has 3 amide bonds. The molecule has 3 rings (SSSR count). The molecule has 0 N–H and O–H groups in total. The number of anilines is 1. The maximum atomic E-state index is 13.1. The lowest BCUT2D eigenvalue weighted by atomic mass is 10.3. The molecule has 0 saturated carbocycles. The third kappa shape index (κ3) is 5.27. The zero-order chi connectivity index (χ0) is 21.0. The Hall–Kier alpha value is -2.23. The number of imide groups is 1. The minimum atomic E-state index is -0.299. The average Bonchev–Trinajstić information content (AvgIpc) is 3.28. The van der Waals surface area contributed by atoms with Crippen LogP contribution >= 0.6 is 23.7 Å². The maximum absolute atomic E-state index is 13.1. The Morgan fingerprint density at radius 3 is 2.43 bits per heavy atom. The van der Waals surface area contributed by atoms with Crippen LogP contribution in [0.3, 0.4) is 0 Å². The number of fused-ring (bicyclic) bond motifs is 1. The van der Waals surface area contributed by atoms with Crippen molar-refractivity contribution in [3.05, 3.63) is 18.2 Å². The number of carbonyl (C=O) groups is 3. The lowest BCUT2D eigenvalue weighted by Gasteiger charge is -2.26. The van der Waals surface area contributed by atoms with Crippen molar-refractivity contribution in [1.29, 1.82) is 0 Å². The molecule has 0 aliphatic carbocycles. The zero-order valence-electron chi connectivity index (χ0n) is 17.4. The van der Waals surface area contributed by atoms with E-state index in [1.165, 1.54) is 11.3 Å². The normalized spacial score (nSPS) is 13.8. The Labute approximate surface area is 186 Å². The van der Waals surface area contributed by atoms with Gasteiger partial charge in [-0.25, -0.2) is 4.98 Å². The SMILES string of the molecule is CCN(CC)CCN(C(=O)CN1C(=O)CCC1=O)c1nc2cc(OC)ccc2s1.Cl. The monoisotopic (exact) mass is 454 g/mol. The number of hydrogen-bond donors (Lipinski definition) is 0. The highest BCUT2D eigenvalue weighted by molar-refractivity contribution is 7.22. The first-order chi connectivity index (χ1) is 14.0. The highest BCUT2D eigenvalue weighted by Gasteiger charge is 2.32. The molecule has 8 nitrogen and oxygen atoms in total. The van der Waals surface area contributed by atoms with Gasteiger partial charge in [-0.1, -0.05) is 25.2 Å². The minimum Gasteiger partial charge on any atom is -0.497 e. The number of ether oxygens (including phenoxy) is 1. The number of nitrogens with zero attached hydrogens (tertiary/aromatic N) is 4. The van der Waals surface area contributed by atoms with Crippen LogP contribution in [0.2, 0.25) is 0 Å². The Morgan fingerprint density at radius 2 is 1.83 bits per heavy atom. The molecule has 1 aromatic heterocycles. The van der Waals surface area contributed by atoms with Gasteiger partial charge in [-0.05, 0) is 25.2 Å². The highest BCUT2D eigenvalue weighted by Crippen LogP contribution is 2.31. The molecule has 0 unspecified atom stereocenters. The number of rotatable bonds is 9. The topological polar surface area (TPSA) is 83.0 Å². The van der Waals surface area contributed by atoms with Crippen molar-refractivity contribution in [3.8, 4) is 5.75 Å². The third-order valence-electron chi connectivity index (χ3n) is 5.10. The summed E-state index contributed by atoms with van der Waals surface area (Å²) < 4.78 is 6.20. The summed E-state index contributed by atoms with van der Waals surface area (Å²) >= 11 is 1.41.